The molecule has 142 valence electrons. The van der Waals surface area contributed by atoms with E-state index in [-0.39, 0.29) is 18.1 Å². The first-order valence-corrected chi connectivity index (χ1v) is 9.09. The summed E-state index contributed by atoms with van der Waals surface area (Å²) in [5.74, 6) is 1.88. The van der Waals surface area contributed by atoms with Crippen LogP contribution in [-0.4, -0.2) is 78.2 Å². The van der Waals surface area contributed by atoms with Gasteiger partial charge in [0.25, 0.3) is 0 Å². The Morgan fingerprint density at radius 2 is 2.12 bits per heavy atom. The van der Waals surface area contributed by atoms with Gasteiger partial charge in [0, 0.05) is 32.1 Å². The molecule has 2 heterocycles. The maximum absolute atomic E-state index is 12.5. The molecular weight excluding hydrogens is 332 g/mol. The van der Waals surface area contributed by atoms with Crippen LogP contribution in [0.4, 0.5) is 0 Å². The molecule has 1 amide bonds. The average Bonchev–Trinajstić information content (AvgIpc) is 3.01. The van der Waals surface area contributed by atoms with Gasteiger partial charge in [0.15, 0.2) is 0 Å². The van der Waals surface area contributed by atoms with Crippen molar-refractivity contribution in [3.8, 4) is 5.75 Å². The topological polar surface area (TPSA) is 70.7 Å². The Kier molecular flexibility index (Phi) is 5.78. The van der Waals surface area contributed by atoms with Crippen molar-refractivity contribution < 1.29 is 14.3 Å². The summed E-state index contributed by atoms with van der Waals surface area (Å²) in [7, 11) is 3.62. The molecule has 1 fully saturated rings. The first-order valence-electron chi connectivity index (χ1n) is 9.09. The van der Waals surface area contributed by atoms with Crippen molar-refractivity contribution in [1.82, 2.24) is 19.8 Å². The van der Waals surface area contributed by atoms with Gasteiger partial charge in [-0.1, -0.05) is 0 Å². The van der Waals surface area contributed by atoms with E-state index >= 15 is 0 Å². The van der Waals surface area contributed by atoms with Gasteiger partial charge in [0.1, 0.15) is 11.6 Å². The number of ether oxygens (including phenoxy) is 2. The number of rotatable bonds is 6. The van der Waals surface area contributed by atoms with Crippen LogP contribution >= 0.6 is 0 Å². The number of carbonyl (C=O) groups is 1. The number of benzene rings is 1. The number of morpholine rings is 1. The molecular formula is C19H28N4O3. The summed E-state index contributed by atoms with van der Waals surface area (Å²) in [6, 6.07) is 5.80. The first-order chi connectivity index (χ1) is 12.4. The maximum atomic E-state index is 12.5. The standard InChI is InChI=1S/C19H28N4O3/c1-13-10-23(11-14(2)26-13)19(24)12-22(3)8-7-18-20-16-6-5-15(25-4)9-17(16)21-18/h5-6,9,13-14H,7-8,10-12H2,1-4H3,(H,20,21)/t13-,14+. The predicted molar refractivity (Wildman–Crippen MR) is 100 cm³/mol. The van der Waals surface area contributed by atoms with Crippen molar-refractivity contribution in [2.24, 2.45) is 0 Å². The van der Waals surface area contributed by atoms with Crippen molar-refractivity contribution >= 4 is 16.9 Å². The number of amides is 1. The van der Waals surface area contributed by atoms with Crippen LogP contribution in [-0.2, 0) is 16.0 Å². The summed E-state index contributed by atoms with van der Waals surface area (Å²) >= 11 is 0. The van der Waals surface area contributed by atoms with Crippen LogP contribution in [0.2, 0.25) is 0 Å². The SMILES string of the molecule is COc1ccc2nc(CCN(C)CC(=O)N3C[C@@H](C)O[C@@H](C)C3)[nH]c2c1. The number of imidazole rings is 1. The Bertz CT molecular complexity index is 750. The molecule has 0 saturated carbocycles. The van der Waals surface area contributed by atoms with Gasteiger partial charge in [-0.25, -0.2) is 4.98 Å². The van der Waals surface area contributed by atoms with Crippen molar-refractivity contribution in [3.63, 3.8) is 0 Å². The summed E-state index contributed by atoms with van der Waals surface area (Å²) in [5.41, 5.74) is 1.89. The van der Waals surface area contributed by atoms with Crippen molar-refractivity contribution in [1.29, 1.82) is 0 Å². The molecule has 7 nitrogen and oxygen atoms in total. The number of likely N-dealkylation sites (N-methyl/N-ethyl adjacent to an activating group) is 1. The maximum Gasteiger partial charge on any atom is 0.236 e. The molecule has 1 aromatic carbocycles. The zero-order valence-electron chi connectivity index (χ0n) is 16.0. The Morgan fingerprint density at radius 1 is 1.38 bits per heavy atom. The van der Waals surface area contributed by atoms with E-state index in [2.05, 4.69) is 9.97 Å². The Morgan fingerprint density at radius 3 is 2.81 bits per heavy atom. The van der Waals surface area contributed by atoms with E-state index in [0.29, 0.717) is 19.6 Å². The number of aromatic nitrogens is 2. The van der Waals surface area contributed by atoms with E-state index in [1.54, 1.807) is 7.11 Å². The minimum atomic E-state index is 0.0977. The highest BCUT2D eigenvalue weighted by Crippen LogP contribution is 2.19. The van der Waals surface area contributed by atoms with E-state index in [9.17, 15) is 4.79 Å². The highest BCUT2D eigenvalue weighted by atomic mass is 16.5. The number of nitrogens with one attached hydrogen (secondary N) is 1. The number of hydrogen-bond acceptors (Lipinski definition) is 5. The highest BCUT2D eigenvalue weighted by Gasteiger charge is 2.26. The van der Waals surface area contributed by atoms with Crippen molar-refractivity contribution in [3.05, 3.63) is 24.0 Å². The number of carbonyl (C=O) groups excluding carboxylic acids is 1. The summed E-state index contributed by atoms with van der Waals surface area (Å²) in [5, 5.41) is 0. The predicted octanol–water partition coefficient (Wildman–Crippen LogP) is 1.68. The van der Waals surface area contributed by atoms with Crippen LogP contribution in [0, 0.1) is 0 Å². The summed E-state index contributed by atoms with van der Waals surface area (Å²) in [6.45, 7) is 6.53. The molecule has 0 radical (unpaired) electrons. The van der Waals surface area contributed by atoms with Crippen LogP contribution in [0.25, 0.3) is 11.0 Å². The highest BCUT2D eigenvalue weighted by molar-refractivity contribution is 5.78. The van der Waals surface area contributed by atoms with E-state index in [1.165, 1.54) is 0 Å². The molecule has 1 aliphatic heterocycles. The molecule has 1 aromatic heterocycles. The van der Waals surface area contributed by atoms with Crippen LogP contribution in [0.3, 0.4) is 0 Å². The Balaban J connectivity index is 1.52. The second kappa shape index (κ2) is 8.05. The summed E-state index contributed by atoms with van der Waals surface area (Å²) in [6.07, 6.45) is 0.956. The lowest BCUT2D eigenvalue weighted by Crippen LogP contribution is -2.50. The lowest BCUT2D eigenvalue weighted by molar-refractivity contribution is -0.144. The van der Waals surface area contributed by atoms with E-state index in [0.717, 1.165) is 35.6 Å². The molecule has 0 unspecified atom stereocenters. The monoisotopic (exact) mass is 360 g/mol. The van der Waals surface area contributed by atoms with Gasteiger partial charge in [-0.05, 0) is 33.0 Å². The molecule has 2 aromatic rings. The molecule has 1 aliphatic rings. The number of fused-ring (bicyclic) bond motifs is 1. The molecule has 1 saturated heterocycles. The lowest BCUT2D eigenvalue weighted by Gasteiger charge is -2.36. The molecule has 26 heavy (non-hydrogen) atoms. The van der Waals surface area contributed by atoms with Gasteiger partial charge < -0.3 is 19.4 Å². The number of hydrogen-bond donors (Lipinski definition) is 1. The fraction of sp³-hybridized carbons (Fsp3) is 0.579. The minimum absolute atomic E-state index is 0.0977. The fourth-order valence-corrected chi connectivity index (χ4v) is 3.38. The quantitative estimate of drug-likeness (QED) is 0.849. The second-order valence-corrected chi connectivity index (χ2v) is 7.11. The summed E-state index contributed by atoms with van der Waals surface area (Å²) in [4.78, 5) is 24.4. The first kappa shape index (κ1) is 18.7. The third kappa shape index (κ3) is 4.53. The Labute approximate surface area is 154 Å². The average molecular weight is 360 g/mol. The van der Waals surface area contributed by atoms with Crippen LogP contribution in [0.1, 0.15) is 19.7 Å². The third-order valence-electron chi connectivity index (χ3n) is 4.65. The van der Waals surface area contributed by atoms with Crippen LogP contribution < -0.4 is 4.74 Å². The summed E-state index contributed by atoms with van der Waals surface area (Å²) < 4.78 is 10.9. The normalized spacial score (nSPS) is 20.7. The fourth-order valence-electron chi connectivity index (χ4n) is 3.38. The van der Waals surface area contributed by atoms with Crippen molar-refractivity contribution in [2.45, 2.75) is 32.5 Å². The number of methoxy groups -OCH3 is 1. The smallest absolute Gasteiger partial charge is 0.236 e. The third-order valence-corrected chi connectivity index (χ3v) is 4.65. The lowest BCUT2D eigenvalue weighted by atomic mass is 10.2. The molecule has 3 rings (SSSR count). The number of H-pyrrole nitrogens is 1. The largest absolute Gasteiger partial charge is 0.497 e. The van der Waals surface area contributed by atoms with Gasteiger partial charge in [-0.2, -0.15) is 0 Å². The van der Waals surface area contributed by atoms with Gasteiger partial charge in [0.05, 0.1) is 36.9 Å². The molecule has 2 atom stereocenters. The number of nitrogens with zero attached hydrogens (tertiary/aromatic N) is 3. The van der Waals surface area contributed by atoms with E-state index in [1.807, 2.05) is 48.9 Å². The van der Waals surface area contributed by atoms with E-state index in [4.69, 9.17) is 9.47 Å². The zero-order chi connectivity index (χ0) is 18.7. The zero-order valence-corrected chi connectivity index (χ0v) is 16.0. The van der Waals surface area contributed by atoms with Gasteiger partial charge in [0.2, 0.25) is 5.91 Å². The molecule has 0 aliphatic carbocycles. The minimum Gasteiger partial charge on any atom is -0.497 e. The Hall–Kier alpha value is -2.12. The van der Waals surface area contributed by atoms with Crippen LogP contribution in [0.15, 0.2) is 18.2 Å². The molecule has 0 bridgehead atoms. The van der Waals surface area contributed by atoms with Crippen LogP contribution in [0.5, 0.6) is 5.75 Å². The molecule has 1 N–H and O–H groups in total. The molecule has 0 spiro atoms. The van der Waals surface area contributed by atoms with E-state index < -0.39 is 0 Å². The molecule has 7 heteroatoms. The van der Waals surface area contributed by atoms with Gasteiger partial charge in [-0.3, -0.25) is 9.69 Å². The van der Waals surface area contributed by atoms with Crippen molar-refractivity contribution in [2.75, 3.05) is 40.3 Å². The number of aromatic amines is 1. The van der Waals surface area contributed by atoms with Gasteiger partial charge >= 0.3 is 0 Å². The second-order valence-electron chi connectivity index (χ2n) is 7.11. The van der Waals surface area contributed by atoms with Gasteiger partial charge in [-0.15, -0.1) is 0 Å².